The monoisotopic (exact) mass is 650 g/mol. The molecule has 0 heterocycles. The molecular weight excluding hydrogens is 611 g/mol. The topological polar surface area (TPSA) is 9.23 Å². The molecule has 0 spiro atoms. The second-order valence-corrected chi connectivity index (χ2v) is 43.0. The van der Waals surface area contributed by atoms with Gasteiger partial charge in [-0.15, -0.1) is 0 Å². The van der Waals surface area contributed by atoms with E-state index in [1.807, 2.05) is 0 Å². The Balaban J connectivity index is 4.64. The normalized spacial score (nSPS) is 15.4. The fourth-order valence-electron chi connectivity index (χ4n) is 3.20. The molecule has 0 aliphatic carbocycles. The zero-order valence-corrected chi connectivity index (χ0v) is 25.3. The van der Waals surface area contributed by atoms with Crippen LogP contribution in [0.1, 0.15) is 105 Å². The van der Waals surface area contributed by atoms with Gasteiger partial charge in [0.25, 0.3) is 0 Å². The van der Waals surface area contributed by atoms with Gasteiger partial charge in [0.15, 0.2) is 0 Å². The Hall–Kier alpha value is 2.72. The molecule has 0 bridgehead atoms. The van der Waals surface area contributed by atoms with Crippen molar-refractivity contribution >= 4 is 68.8 Å². The summed E-state index contributed by atoms with van der Waals surface area (Å²) in [5.74, 6) is 0. The molecule has 0 radical (unpaired) electrons. The SMILES string of the molecule is CCCCCCC[CH2][Sn]([Cl])([O][Sn]([Cl])([Cl])[Cl])[C](C)(C)CCCCCCC. The van der Waals surface area contributed by atoms with Crippen LogP contribution in [0.3, 0.4) is 0 Å². The molecule has 0 aliphatic heterocycles. The van der Waals surface area contributed by atoms with E-state index in [1.54, 1.807) is 0 Å². The molecule has 0 saturated carbocycles. The molecule has 25 heavy (non-hydrogen) atoms. The summed E-state index contributed by atoms with van der Waals surface area (Å²) in [6, 6.07) is 0. The van der Waals surface area contributed by atoms with Crippen LogP contribution < -0.4 is 0 Å². The first kappa shape index (κ1) is 27.7. The van der Waals surface area contributed by atoms with Gasteiger partial charge >= 0.3 is 183 Å². The van der Waals surface area contributed by atoms with Crippen LogP contribution in [-0.4, -0.2) is 33.1 Å². The number of rotatable bonds is 16. The van der Waals surface area contributed by atoms with Crippen molar-refractivity contribution in [2.24, 2.45) is 0 Å². The zero-order valence-electron chi connectivity index (χ0n) is 16.6. The van der Waals surface area contributed by atoms with Crippen molar-refractivity contribution in [1.29, 1.82) is 0 Å². The molecule has 0 N–H and O–H groups in total. The Morgan fingerprint density at radius 1 is 0.680 bits per heavy atom. The first-order valence-electron chi connectivity index (χ1n) is 10.0. The van der Waals surface area contributed by atoms with Crippen LogP contribution in [0.15, 0.2) is 0 Å². The van der Waals surface area contributed by atoms with Crippen molar-refractivity contribution in [2.75, 3.05) is 0 Å². The summed E-state index contributed by atoms with van der Waals surface area (Å²) in [7, 11) is 25.8. The average Bonchev–Trinajstić information content (AvgIpc) is 2.48. The van der Waals surface area contributed by atoms with E-state index in [4.69, 9.17) is 37.1 Å². The van der Waals surface area contributed by atoms with Crippen LogP contribution in [0.5, 0.6) is 0 Å². The van der Waals surface area contributed by atoms with E-state index >= 15 is 0 Å². The predicted octanol–water partition coefficient (Wildman–Crippen LogP) is 9.34. The Labute approximate surface area is 180 Å². The third-order valence-electron chi connectivity index (χ3n) is 5.05. The van der Waals surface area contributed by atoms with Crippen LogP contribution >= 0.6 is 35.7 Å². The third kappa shape index (κ3) is 13.5. The Bertz CT molecular complexity index is 338. The van der Waals surface area contributed by atoms with E-state index in [1.165, 1.54) is 64.2 Å². The van der Waals surface area contributed by atoms with Gasteiger partial charge in [-0.05, 0) is 0 Å². The van der Waals surface area contributed by atoms with Gasteiger partial charge in [0.05, 0.1) is 0 Å². The van der Waals surface area contributed by atoms with E-state index in [-0.39, 0.29) is 3.43 Å². The number of hydrogen-bond donors (Lipinski definition) is 0. The summed E-state index contributed by atoms with van der Waals surface area (Å²) < 4.78 is 7.15. The van der Waals surface area contributed by atoms with Crippen molar-refractivity contribution in [3.8, 4) is 0 Å². The molecule has 0 fully saturated rings. The maximum absolute atomic E-state index is 7.18. The van der Waals surface area contributed by atoms with E-state index in [0.29, 0.717) is 0 Å². The summed E-state index contributed by atoms with van der Waals surface area (Å²) in [6.45, 7) is 9.00. The molecule has 0 aromatic rings. The Kier molecular flexibility index (Phi) is 16.3. The van der Waals surface area contributed by atoms with E-state index in [9.17, 15) is 0 Å². The second-order valence-electron chi connectivity index (χ2n) is 7.84. The molecule has 0 saturated heterocycles. The molecule has 152 valence electrons. The van der Waals surface area contributed by atoms with Crippen LogP contribution in [0.4, 0.5) is 0 Å². The predicted molar refractivity (Wildman–Crippen MR) is 122 cm³/mol. The van der Waals surface area contributed by atoms with Crippen molar-refractivity contribution in [2.45, 2.75) is 113 Å². The van der Waals surface area contributed by atoms with Gasteiger partial charge in [0.1, 0.15) is 0 Å². The molecular formula is C18H38Cl4OSn2. The third-order valence-corrected chi connectivity index (χ3v) is 45.2. The van der Waals surface area contributed by atoms with Gasteiger partial charge in [-0.3, -0.25) is 0 Å². The molecule has 0 rings (SSSR count). The van der Waals surface area contributed by atoms with Gasteiger partial charge < -0.3 is 0 Å². The molecule has 0 aromatic carbocycles. The Morgan fingerprint density at radius 3 is 1.60 bits per heavy atom. The van der Waals surface area contributed by atoms with Crippen LogP contribution in [-0.2, 0) is 1.41 Å². The van der Waals surface area contributed by atoms with E-state index < -0.39 is 33.1 Å². The van der Waals surface area contributed by atoms with Gasteiger partial charge in [-0.1, -0.05) is 0 Å². The van der Waals surface area contributed by atoms with Crippen LogP contribution in [0.2, 0.25) is 7.87 Å². The zero-order chi connectivity index (χ0) is 19.4. The van der Waals surface area contributed by atoms with E-state index in [0.717, 1.165) is 17.3 Å². The molecule has 0 aliphatic rings. The van der Waals surface area contributed by atoms with Gasteiger partial charge in [-0.2, -0.15) is 0 Å². The van der Waals surface area contributed by atoms with Gasteiger partial charge in [-0.25, -0.2) is 0 Å². The van der Waals surface area contributed by atoms with E-state index in [2.05, 4.69) is 27.7 Å². The van der Waals surface area contributed by atoms with Gasteiger partial charge in [0.2, 0.25) is 0 Å². The van der Waals surface area contributed by atoms with Gasteiger partial charge in [0, 0.05) is 0 Å². The summed E-state index contributed by atoms with van der Waals surface area (Å²) >= 11 is -7.38. The minimum atomic E-state index is -3.92. The quantitative estimate of drug-likeness (QED) is 0.120. The number of hydrogen-bond acceptors (Lipinski definition) is 1. The van der Waals surface area contributed by atoms with Crippen molar-refractivity contribution in [1.82, 2.24) is 0 Å². The van der Waals surface area contributed by atoms with Crippen molar-refractivity contribution in [3.05, 3.63) is 0 Å². The standard InChI is InChI=1S/C10H21.C8H17.4ClH.O.2Sn/c1-4-5-6-7-8-9-10(2)3;1-3-5-7-8-6-4-2;;;;;;;/h4-9H2,1-3H3;1,3-8H2,2H3;4*1H;;;/q;;;;;;;+1;+3/p-4. The summed E-state index contributed by atoms with van der Waals surface area (Å²) in [4.78, 5) is 0. The first-order chi connectivity index (χ1) is 11.6. The molecule has 0 amide bonds. The first-order valence-corrected chi connectivity index (χ1v) is 30.3. The number of unbranched alkanes of at least 4 members (excludes halogenated alkanes) is 9. The Morgan fingerprint density at radius 2 is 1.12 bits per heavy atom. The summed E-state index contributed by atoms with van der Waals surface area (Å²) in [6.07, 6.45) is 15.0. The van der Waals surface area contributed by atoms with Crippen molar-refractivity contribution < 1.29 is 1.41 Å². The average molecular weight is 650 g/mol. The minimum absolute atomic E-state index is 0.00666. The molecule has 1 atom stereocenters. The molecule has 1 nitrogen and oxygen atoms in total. The van der Waals surface area contributed by atoms with Crippen molar-refractivity contribution in [3.63, 3.8) is 0 Å². The summed E-state index contributed by atoms with van der Waals surface area (Å²) in [5, 5.41) is 0. The van der Waals surface area contributed by atoms with Crippen LogP contribution in [0, 0.1) is 0 Å². The molecule has 1 unspecified atom stereocenters. The molecule has 0 aromatic heterocycles. The fourth-order valence-corrected chi connectivity index (χ4v) is 55.0. The fraction of sp³-hybridized carbons (Fsp3) is 1.00. The number of halogens is 4. The summed E-state index contributed by atoms with van der Waals surface area (Å²) in [5.41, 5.74) is 0. The molecule has 7 heteroatoms. The van der Waals surface area contributed by atoms with Crippen LogP contribution in [0.25, 0.3) is 0 Å². The second kappa shape index (κ2) is 14.7. The maximum atomic E-state index is 7.18.